The molecule has 16 heteroatoms. The Bertz CT molecular complexity index is 800. The van der Waals surface area contributed by atoms with Crippen molar-refractivity contribution in [3.63, 3.8) is 0 Å². The highest BCUT2D eigenvalue weighted by Gasteiger charge is 2.33. The number of aliphatic hydroxyl groups is 1. The molecule has 3 amide bonds. The molecule has 0 saturated carbocycles. The monoisotopic (exact) mass is 492 g/mol. The third kappa shape index (κ3) is 11.7. The van der Waals surface area contributed by atoms with Crippen LogP contribution in [0.2, 0.25) is 0 Å². The van der Waals surface area contributed by atoms with Crippen LogP contribution in [0, 0.1) is 0 Å². The van der Waals surface area contributed by atoms with E-state index in [1.807, 2.05) is 10.6 Å². The van der Waals surface area contributed by atoms with Gasteiger partial charge in [0.2, 0.25) is 17.7 Å². The van der Waals surface area contributed by atoms with Gasteiger partial charge < -0.3 is 47.2 Å². The molecule has 0 aliphatic rings. The minimum Gasteiger partial charge on any atom is -0.481 e. The van der Waals surface area contributed by atoms with E-state index in [-0.39, 0.29) is 6.42 Å². The molecule has 192 valence electrons. The van der Waals surface area contributed by atoms with Crippen molar-refractivity contribution in [2.75, 3.05) is 0 Å². The van der Waals surface area contributed by atoms with Gasteiger partial charge in [0.05, 0.1) is 18.6 Å². The van der Waals surface area contributed by atoms with Gasteiger partial charge in [0.1, 0.15) is 12.1 Å². The number of aliphatic hydroxyl groups excluding tert-OH is 1. The molecule has 0 heterocycles. The second-order valence-corrected chi connectivity index (χ2v) is 7.26. The van der Waals surface area contributed by atoms with Crippen molar-refractivity contribution in [2.24, 2.45) is 5.73 Å². The second-order valence-electron chi connectivity index (χ2n) is 7.26. The van der Waals surface area contributed by atoms with Crippen LogP contribution in [0.4, 0.5) is 0 Å². The summed E-state index contributed by atoms with van der Waals surface area (Å²) in [5.74, 6) is -9.21. The smallest absolute Gasteiger partial charge is 0.328 e. The average Bonchev–Trinajstić information content (AvgIpc) is 2.70. The molecule has 0 bridgehead atoms. The Morgan fingerprint density at radius 2 is 1.18 bits per heavy atom. The lowest BCUT2D eigenvalue weighted by Gasteiger charge is -2.25. The first-order chi connectivity index (χ1) is 15.6. The van der Waals surface area contributed by atoms with E-state index < -0.39 is 97.6 Å². The number of carbonyl (C=O) groups excluding carboxylic acids is 3. The van der Waals surface area contributed by atoms with Gasteiger partial charge in [0.25, 0.3) is 0 Å². The number of hydrogen-bond acceptors (Lipinski definition) is 9. The molecule has 34 heavy (non-hydrogen) atoms. The molecule has 0 spiro atoms. The predicted octanol–water partition coefficient (Wildman–Crippen LogP) is -3.56. The Labute approximate surface area is 192 Å². The molecular formula is C18H28N4O12. The van der Waals surface area contributed by atoms with E-state index >= 15 is 0 Å². The van der Waals surface area contributed by atoms with Crippen LogP contribution in [0.1, 0.15) is 39.0 Å². The third-order valence-corrected chi connectivity index (χ3v) is 4.34. The molecule has 10 N–H and O–H groups in total. The Morgan fingerprint density at radius 1 is 0.706 bits per heavy atom. The number of aliphatic carboxylic acids is 4. The summed E-state index contributed by atoms with van der Waals surface area (Å²) in [7, 11) is 0. The zero-order valence-electron chi connectivity index (χ0n) is 18.1. The third-order valence-electron chi connectivity index (χ3n) is 4.34. The molecule has 0 aliphatic carbocycles. The Balaban J connectivity index is 5.56. The van der Waals surface area contributed by atoms with Gasteiger partial charge in [-0.15, -0.1) is 0 Å². The van der Waals surface area contributed by atoms with Gasteiger partial charge in [0.15, 0.2) is 6.04 Å². The van der Waals surface area contributed by atoms with E-state index in [0.717, 1.165) is 6.92 Å². The van der Waals surface area contributed by atoms with E-state index in [4.69, 9.17) is 26.2 Å². The summed E-state index contributed by atoms with van der Waals surface area (Å²) in [5, 5.41) is 51.1. The van der Waals surface area contributed by atoms with Crippen LogP contribution >= 0.6 is 0 Å². The lowest BCUT2D eigenvalue weighted by atomic mass is 10.1. The molecule has 0 fully saturated rings. The first-order valence-electron chi connectivity index (χ1n) is 9.88. The van der Waals surface area contributed by atoms with Crippen LogP contribution in [-0.2, 0) is 33.6 Å². The normalized spacial score (nSPS) is 15.0. The first kappa shape index (κ1) is 30.2. The molecule has 0 saturated heterocycles. The number of nitrogens with one attached hydrogen (secondary N) is 3. The lowest BCUT2D eigenvalue weighted by Crippen LogP contribution is -2.58. The lowest BCUT2D eigenvalue weighted by molar-refractivity contribution is -0.146. The largest absolute Gasteiger partial charge is 0.481 e. The zero-order valence-corrected chi connectivity index (χ0v) is 18.1. The van der Waals surface area contributed by atoms with Gasteiger partial charge in [-0.3, -0.25) is 28.8 Å². The predicted molar refractivity (Wildman–Crippen MR) is 109 cm³/mol. The fourth-order valence-electron chi connectivity index (χ4n) is 2.52. The van der Waals surface area contributed by atoms with Crippen LogP contribution in [0.25, 0.3) is 0 Å². The number of carbonyl (C=O) groups is 7. The van der Waals surface area contributed by atoms with Gasteiger partial charge in [-0.2, -0.15) is 0 Å². The highest BCUT2D eigenvalue weighted by atomic mass is 16.4. The maximum Gasteiger partial charge on any atom is 0.328 e. The minimum absolute atomic E-state index is 0.317. The van der Waals surface area contributed by atoms with Crippen molar-refractivity contribution < 1.29 is 59.1 Å². The van der Waals surface area contributed by atoms with Crippen LogP contribution in [0.15, 0.2) is 0 Å². The van der Waals surface area contributed by atoms with Crippen molar-refractivity contribution in [1.29, 1.82) is 0 Å². The van der Waals surface area contributed by atoms with Crippen LogP contribution in [0.3, 0.4) is 0 Å². The van der Waals surface area contributed by atoms with E-state index in [9.17, 15) is 38.7 Å². The SMILES string of the molecule is CC(O)C(NC(=O)C(CCC(=O)O)NC(=O)C(CC(=O)O)NC(=O)C(N)CCC(=O)O)C(=O)O. The van der Waals surface area contributed by atoms with Crippen LogP contribution in [0.5, 0.6) is 0 Å². The van der Waals surface area contributed by atoms with Crippen molar-refractivity contribution in [3.8, 4) is 0 Å². The van der Waals surface area contributed by atoms with Crippen molar-refractivity contribution in [1.82, 2.24) is 16.0 Å². The van der Waals surface area contributed by atoms with E-state index in [0.29, 0.717) is 0 Å². The zero-order chi connectivity index (χ0) is 26.6. The number of carboxylic acid groups (broad SMARTS) is 4. The van der Waals surface area contributed by atoms with E-state index in [2.05, 4.69) is 5.32 Å². The molecule has 16 nitrogen and oxygen atoms in total. The summed E-state index contributed by atoms with van der Waals surface area (Å²) >= 11 is 0. The second kappa shape index (κ2) is 14.4. The highest BCUT2D eigenvalue weighted by Crippen LogP contribution is 2.04. The number of amides is 3. The maximum atomic E-state index is 12.6. The van der Waals surface area contributed by atoms with Crippen LogP contribution in [-0.4, -0.2) is 97.4 Å². The van der Waals surface area contributed by atoms with E-state index in [1.54, 1.807) is 0 Å². The molecule has 0 aromatic heterocycles. The quantitative estimate of drug-likeness (QED) is 0.101. The molecule has 0 aliphatic heterocycles. The van der Waals surface area contributed by atoms with E-state index in [1.165, 1.54) is 0 Å². The van der Waals surface area contributed by atoms with Crippen LogP contribution < -0.4 is 21.7 Å². The maximum absolute atomic E-state index is 12.6. The minimum atomic E-state index is -1.79. The summed E-state index contributed by atoms with van der Waals surface area (Å²) < 4.78 is 0. The van der Waals surface area contributed by atoms with Crippen molar-refractivity contribution in [3.05, 3.63) is 0 Å². The summed E-state index contributed by atoms with van der Waals surface area (Å²) in [5.41, 5.74) is 5.52. The molecule has 0 aromatic rings. The van der Waals surface area contributed by atoms with Gasteiger partial charge in [-0.1, -0.05) is 0 Å². The molecule has 0 radical (unpaired) electrons. The van der Waals surface area contributed by atoms with Crippen molar-refractivity contribution in [2.45, 2.75) is 69.3 Å². The van der Waals surface area contributed by atoms with Gasteiger partial charge >= 0.3 is 23.9 Å². The number of hydrogen-bond donors (Lipinski definition) is 9. The summed E-state index contributed by atoms with van der Waals surface area (Å²) in [6, 6.07) is -6.64. The fraction of sp³-hybridized carbons (Fsp3) is 0.611. The molecule has 5 atom stereocenters. The molecular weight excluding hydrogens is 464 g/mol. The summed E-state index contributed by atoms with van der Waals surface area (Å²) in [6.45, 7) is 1.07. The topological polar surface area (TPSA) is 283 Å². The highest BCUT2D eigenvalue weighted by molar-refractivity contribution is 5.95. The molecule has 0 aromatic carbocycles. The molecule has 0 rings (SSSR count). The number of carboxylic acids is 4. The van der Waals surface area contributed by atoms with Gasteiger partial charge in [-0.05, 0) is 19.8 Å². The van der Waals surface area contributed by atoms with Gasteiger partial charge in [-0.25, -0.2) is 4.79 Å². The average molecular weight is 492 g/mol. The Morgan fingerprint density at radius 3 is 1.62 bits per heavy atom. The summed E-state index contributed by atoms with van der Waals surface area (Å²) in [4.78, 5) is 81.0. The Kier molecular flexibility index (Phi) is 12.8. The fourth-order valence-corrected chi connectivity index (χ4v) is 2.52. The standard InChI is InChI=1S/C18H28N4O12/c1-7(23)14(18(33)34)22-16(31)9(3-5-12(26)27)20-17(32)10(6-13(28)29)21-15(30)8(19)2-4-11(24)25/h7-10,14,23H,2-6,19H2,1H3,(H,20,32)(H,21,30)(H,22,31)(H,24,25)(H,26,27)(H,28,29)(H,33,34). The summed E-state index contributed by atoms with van der Waals surface area (Å²) in [6.07, 6.45) is -4.50. The molecule has 5 unspecified atom stereocenters. The van der Waals surface area contributed by atoms with Crippen molar-refractivity contribution >= 4 is 41.6 Å². The number of nitrogens with two attached hydrogens (primary N) is 1. The van der Waals surface area contributed by atoms with Gasteiger partial charge in [0, 0.05) is 12.8 Å². The number of rotatable bonds is 16. The first-order valence-corrected chi connectivity index (χ1v) is 9.88. The Hall–Kier alpha value is -3.79.